The number of nitrogens with one attached hydrogen (secondary N) is 1. The standard InChI is InChI=1S/C9H16N2O3/c1-8(2,5-6(12)13)11-7(14)9(10)3-4-9/h3-5,10H2,1-2H3,(H,11,14)(H,12,13). The average molecular weight is 200 g/mol. The van der Waals surface area contributed by atoms with E-state index in [0.29, 0.717) is 12.8 Å². The summed E-state index contributed by atoms with van der Waals surface area (Å²) in [5, 5.41) is 11.2. The highest BCUT2D eigenvalue weighted by Crippen LogP contribution is 2.32. The van der Waals surface area contributed by atoms with Gasteiger partial charge in [-0.1, -0.05) is 0 Å². The predicted octanol–water partition coefficient (Wildman–Crippen LogP) is -0.153. The molecule has 0 saturated heterocycles. The largest absolute Gasteiger partial charge is 0.481 e. The fraction of sp³-hybridized carbons (Fsp3) is 0.778. The van der Waals surface area contributed by atoms with E-state index < -0.39 is 17.0 Å². The van der Waals surface area contributed by atoms with E-state index >= 15 is 0 Å². The second kappa shape index (κ2) is 3.24. The summed E-state index contributed by atoms with van der Waals surface area (Å²) in [6.45, 7) is 3.34. The Morgan fingerprint density at radius 3 is 2.36 bits per heavy atom. The number of hydrogen-bond donors (Lipinski definition) is 3. The smallest absolute Gasteiger partial charge is 0.305 e. The highest BCUT2D eigenvalue weighted by Gasteiger charge is 2.47. The van der Waals surface area contributed by atoms with Crippen LogP contribution in [0.4, 0.5) is 0 Å². The summed E-state index contributed by atoms with van der Waals surface area (Å²) in [6, 6.07) is 0. The van der Waals surface area contributed by atoms with Gasteiger partial charge in [-0.3, -0.25) is 9.59 Å². The van der Waals surface area contributed by atoms with Crippen molar-refractivity contribution in [3.8, 4) is 0 Å². The molecule has 1 amide bonds. The van der Waals surface area contributed by atoms with Crippen LogP contribution in [0.2, 0.25) is 0 Å². The molecule has 0 aromatic carbocycles. The van der Waals surface area contributed by atoms with Crippen molar-refractivity contribution in [2.24, 2.45) is 5.73 Å². The van der Waals surface area contributed by atoms with Crippen LogP contribution >= 0.6 is 0 Å². The highest BCUT2D eigenvalue weighted by molar-refractivity contribution is 5.89. The Kier molecular flexibility index (Phi) is 2.54. The number of carbonyl (C=O) groups excluding carboxylic acids is 1. The van der Waals surface area contributed by atoms with E-state index in [0.717, 1.165) is 0 Å². The molecule has 0 aromatic rings. The van der Waals surface area contributed by atoms with Crippen molar-refractivity contribution in [2.75, 3.05) is 0 Å². The molecule has 0 radical (unpaired) electrons. The first-order chi connectivity index (χ1) is 6.25. The molecule has 0 aromatic heterocycles. The fourth-order valence-electron chi connectivity index (χ4n) is 1.22. The van der Waals surface area contributed by atoms with Gasteiger partial charge in [0, 0.05) is 5.54 Å². The van der Waals surface area contributed by atoms with Crippen LogP contribution in [-0.4, -0.2) is 28.1 Å². The fourth-order valence-corrected chi connectivity index (χ4v) is 1.22. The van der Waals surface area contributed by atoms with Crippen molar-refractivity contribution >= 4 is 11.9 Å². The summed E-state index contributed by atoms with van der Waals surface area (Å²) in [6.07, 6.45) is 1.26. The Morgan fingerprint density at radius 2 is 2.00 bits per heavy atom. The van der Waals surface area contributed by atoms with Crippen molar-refractivity contribution in [1.82, 2.24) is 5.32 Å². The average Bonchev–Trinajstić information content (AvgIpc) is 2.64. The predicted molar refractivity (Wildman–Crippen MR) is 50.6 cm³/mol. The van der Waals surface area contributed by atoms with Crippen LogP contribution < -0.4 is 11.1 Å². The summed E-state index contributed by atoms with van der Waals surface area (Å²) in [7, 11) is 0. The first-order valence-electron chi connectivity index (χ1n) is 4.58. The maximum absolute atomic E-state index is 11.5. The van der Waals surface area contributed by atoms with Gasteiger partial charge in [0.25, 0.3) is 0 Å². The van der Waals surface area contributed by atoms with Gasteiger partial charge in [0.15, 0.2) is 0 Å². The number of amides is 1. The molecule has 1 fully saturated rings. The van der Waals surface area contributed by atoms with Gasteiger partial charge >= 0.3 is 5.97 Å². The van der Waals surface area contributed by atoms with Crippen LogP contribution in [0.3, 0.4) is 0 Å². The van der Waals surface area contributed by atoms with Gasteiger partial charge in [0.05, 0.1) is 12.0 Å². The van der Waals surface area contributed by atoms with Crippen molar-refractivity contribution in [1.29, 1.82) is 0 Å². The first kappa shape index (κ1) is 11.0. The van der Waals surface area contributed by atoms with E-state index in [1.54, 1.807) is 13.8 Å². The Morgan fingerprint density at radius 1 is 1.50 bits per heavy atom. The third kappa shape index (κ3) is 2.70. The molecule has 0 bridgehead atoms. The molecule has 1 aliphatic carbocycles. The zero-order valence-electron chi connectivity index (χ0n) is 8.46. The third-order valence-electron chi connectivity index (χ3n) is 2.29. The number of nitrogens with two attached hydrogens (primary N) is 1. The number of carbonyl (C=O) groups is 2. The minimum Gasteiger partial charge on any atom is -0.481 e. The zero-order chi connectivity index (χ0) is 11.0. The molecular weight excluding hydrogens is 184 g/mol. The minimum absolute atomic E-state index is 0.102. The molecule has 80 valence electrons. The molecule has 4 N–H and O–H groups in total. The summed E-state index contributed by atoms with van der Waals surface area (Å²) in [5.41, 5.74) is 4.19. The highest BCUT2D eigenvalue weighted by atomic mass is 16.4. The lowest BCUT2D eigenvalue weighted by Gasteiger charge is -2.26. The lowest BCUT2D eigenvalue weighted by Crippen LogP contribution is -2.52. The molecule has 0 heterocycles. The monoisotopic (exact) mass is 200 g/mol. The molecule has 1 saturated carbocycles. The van der Waals surface area contributed by atoms with Gasteiger partial charge in [0.2, 0.25) is 5.91 Å². The van der Waals surface area contributed by atoms with Crippen LogP contribution in [-0.2, 0) is 9.59 Å². The van der Waals surface area contributed by atoms with E-state index in [1.165, 1.54) is 0 Å². The van der Waals surface area contributed by atoms with E-state index in [9.17, 15) is 9.59 Å². The SMILES string of the molecule is CC(C)(CC(=O)O)NC(=O)C1(N)CC1. The third-order valence-corrected chi connectivity index (χ3v) is 2.29. The second-order valence-electron chi connectivity index (χ2n) is 4.56. The van der Waals surface area contributed by atoms with Gasteiger partial charge < -0.3 is 16.2 Å². The van der Waals surface area contributed by atoms with Gasteiger partial charge in [0.1, 0.15) is 0 Å². The van der Waals surface area contributed by atoms with Gasteiger partial charge in [-0.15, -0.1) is 0 Å². The number of rotatable bonds is 4. The molecule has 5 nitrogen and oxygen atoms in total. The van der Waals surface area contributed by atoms with E-state index in [-0.39, 0.29) is 12.3 Å². The van der Waals surface area contributed by atoms with E-state index in [2.05, 4.69) is 5.32 Å². The molecule has 0 unspecified atom stereocenters. The molecule has 0 aliphatic heterocycles. The van der Waals surface area contributed by atoms with Gasteiger partial charge in [-0.25, -0.2) is 0 Å². The normalized spacial score (nSPS) is 18.8. The van der Waals surface area contributed by atoms with Crippen LogP contribution in [0, 0.1) is 0 Å². The van der Waals surface area contributed by atoms with Crippen molar-refractivity contribution < 1.29 is 14.7 Å². The van der Waals surface area contributed by atoms with Crippen molar-refractivity contribution in [3.63, 3.8) is 0 Å². The van der Waals surface area contributed by atoms with Crippen molar-refractivity contribution in [2.45, 2.75) is 44.2 Å². The number of hydrogen-bond acceptors (Lipinski definition) is 3. The summed E-state index contributed by atoms with van der Waals surface area (Å²) in [4.78, 5) is 22.0. The van der Waals surface area contributed by atoms with Gasteiger partial charge in [-0.2, -0.15) is 0 Å². The Hall–Kier alpha value is -1.10. The lowest BCUT2D eigenvalue weighted by atomic mass is 10.00. The second-order valence-corrected chi connectivity index (χ2v) is 4.56. The van der Waals surface area contributed by atoms with E-state index in [1.807, 2.05) is 0 Å². The maximum Gasteiger partial charge on any atom is 0.305 e. The molecule has 5 heteroatoms. The first-order valence-corrected chi connectivity index (χ1v) is 4.58. The number of carboxylic acids is 1. The van der Waals surface area contributed by atoms with Crippen LogP contribution in [0.15, 0.2) is 0 Å². The minimum atomic E-state index is -0.933. The quantitative estimate of drug-likeness (QED) is 0.588. The Labute approximate surface area is 82.7 Å². The van der Waals surface area contributed by atoms with Crippen LogP contribution in [0.1, 0.15) is 33.1 Å². The maximum atomic E-state index is 11.5. The summed E-state index contributed by atoms with van der Waals surface area (Å²) < 4.78 is 0. The summed E-state index contributed by atoms with van der Waals surface area (Å²) >= 11 is 0. The Balaban J connectivity index is 2.49. The molecule has 14 heavy (non-hydrogen) atoms. The van der Waals surface area contributed by atoms with Gasteiger partial charge in [-0.05, 0) is 26.7 Å². The van der Waals surface area contributed by atoms with Crippen LogP contribution in [0.25, 0.3) is 0 Å². The molecule has 1 aliphatic rings. The van der Waals surface area contributed by atoms with Crippen molar-refractivity contribution in [3.05, 3.63) is 0 Å². The van der Waals surface area contributed by atoms with E-state index in [4.69, 9.17) is 10.8 Å². The number of aliphatic carboxylic acids is 1. The summed E-state index contributed by atoms with van der Waals surface area (Å²) in [5.74, 6) is -1.18. The zero-order valence-corrected chi connectivity index (χ0v) is 8.46. The van der Waals surface area contributed by atoms with Crippen LogP contribution in [0.5, 0.6) is 0 Å². The molecule has 0 spiro atoms. The lowest BCUT2D eigenvalue weighted by molar-refractivity contribution is -0.138. The molecule has 1 rings (SSSR count). The number of carboxylic acid groups (broad SMARTS) is 1. The Bertz CT molecular complexity index is 269. The topological polar surface area (TPSA) is 92.4 Å². The molecule has 0 atom stereocenters. The molecular formula is C9H16N2O3.